The molecule has 0 bridgehead atoms. The van der Waals surface area contributed by atoms with Gasteiger partial charge in [-0.1, -0.05) is 12.8 Å². The standard InChI is InChI=1S/C21H21N3O4S/c1-27-17-6-5-13(9-18(17)28-2)16(25)12-29-20-15(11-23)21(7-3-4-8-21)14(10-22)19(26)24-20/h5-6,9,14-15H,3-4,7-8,12H2,1-2H3. The summed E-state index contributed by atoms with van der Waals surface area (Å²) in [5, 5.41) is 19.7. The van der Waals surface area contributed by atoms with E-state index in [1.807, 2.05) is 0 Å². The third-order valence-electron chi connectivity index (χ3n) is 5.71. The minimum Gasteiger partial charge on any atom is -0.493 e. The summed E-state index contributed by atoms with van der Waals surface area (Å²) >= 11 is 1.11. The van der Waals surface area contributed by atoms with Crippen LogP contribution >= 0.6 is 11.8 Å². The van der Waals surface area contributed by atoms with Crippen LogP contribution in [0.1, 0.15) is 36.0 Å². The fraction of sp³-hybridized carbons (Fsp3) is 0.476. The molecule has 1 saturated carbocycles. The lowest BCUT2D eigenvalue weighted by Crippen LogP contribution is -2.45. The Hall–Kier alpha value is -2.84. The summed E-state index contributed by atoms with van der Waals surface area (Å²) in [4.78, 5) is 29.2. The SMILES string of the molecule is COc1ccc(C(=O)CSC2=NC(=O)C(C#N)C3(CCCC3)C2C#N)cc1OC. The van der Waals surface area contributed by atoms with E-state index in [2.05, 4.69) is 17.1 Å². The minimum atomic E-state index is -0.888. The van der Waals surface area contributed by atoms with E-state index in [9.17, 15) is 20.1 Å². The lowest BCUT2D eigenvalue weighted by Gasteiger charge is -2.39. The molecule has 7 nitrogen and oxygen atoms in total. The number of nitriles is 2. The zero-order valence-corrected chi connectivity index (χ0v) is 17.1. The van der Waals surface area contributed by atoms with Gasteiger partial charge < -0.3 is 9.47 Å². The van der Waals surface area contributed by atoms with Crippen molar-refractivity contribution in [1.29, 1.82) is 10.5 Å². The summed E-state index contributed by atoms with van der Waals surface area (Å²) in [6.07, 6.45) is 3.06. The number of hydrogen-bond donors (Lipinski definition) is 0. The molecule has 2 aliphatic rings. The Labute approximate surface area is 173 Å². The Morgan fingerprint density at radius 1 is 1.17 bits per heavy atom. The van der Waals surface area contributed by atoms with E-state index in [-0.39, 0.29) is 11.5 Å². The average Bonchev–Trinajstić information content (AvgIpc) is 3.21. The Kier molecular flexibility index (Phi) is 6.24. The molecular formula is C21H21N3O4S. The molecule has 0 saturated heterocycles. The number of carbonyl (C=O) groups excluding carboxylic acids is 2. The highest BCUT2D eigenvalue weighted by atomic mass is 32.2. The summed E-state index contributed by atoms with van der Waals surface area (Å²) in [7, 11) is 3.01. The number of carbonyl (C=O) groups is 2. The predicted molar refractivity (Wildman–Crippen MR) is 108 cm³/mol. The van der Waals surface area contributed by atoms with Crippen molar-refractivity contribution in [3.05, 3.63) is 23.8 Å². The summed E-state index contributed by atoms with van der Waals surface area (Å²) in [5.74, 6) is -1.20. The molecule has 1 aliphatic heterocycles. The minimum absolute atomic E-state index is 0.0348. The van der Waals surface area contributed by atoms with Gasteiger partial charge in [0.25, 0.3) is 5.91 Å². The highest BCUT2D eigenvalue weighted by molar-refractivity contribution is 8.14. The number of ether oxygens (including phenoxy) is 2. The van der Waals surface area contributed by atoms with E-state index in [4.69, 9.17) is 9.47 Å². The molecule has 2 atom stereocenters. The normalized spacial score (nSPS) is 22.5. The molecule has 1 fully saturated rings. The molecule has 1 amide bonds. The van der Waals surface area contributed by atoms with Crippen molar-refractivity contribution in [3.8, 4) is 23.6 Å². The van der Waals surface area contributed by atoms with Gasteiger partial charge in [-0.25, -0.2) is 4.99 Å². The zero-order chi connectivity index (χ0) is 21.0. The maximum Gasteiger partial charge on any atom is 0.264 e. The third kappa shape index (κ3) is 3.73. The molecule has 0 N–H and O–H groups in total. The van der Waals surface area contributed by atoms with Gasteiger partial charge in [0.2, 0.25) is 0 Å². The van der Waals surface area contributed by atoms with Crippen LogP contribution in [-0.4, -0.2) is 36.7 Å². The Morgan fingerprint density at radius 2 is 1.83 bits per heavy atom. The van der Waals surface area contributed by atoms with Crippen LogP contribution in [0.15, 0.2) is 23.2 Å². The summed E-state index contributed by atoms with van der Waals surface area (Å²) in [5.41, 5.74) is -0.242. The number of hydrogen-bond acceptors (Lipinski definition) is 7. The second kappa shape index (κ2) is 8.67. The molecule has 3 rings (SSSR count). The quantitative estimate of drug-likeness (QED) is 0.682. The van der Waals surface area contributed by atoms with E-state index in [0.29, 0.717) is 34.9 Å². The second-order valence-corrected chi connectivity index (χ2v) is 8.13. The molecule has 1 spiro atoms. The first-order chi connectivity index (χ1) is 14.0. The third-order valence-corrected chi connectivity index (χ3v) is 6.74. The summed E-state index contributed by atoms with van der Waals surface area (Å²) < 4.78 is 10.4. The van der Waals surface area contributed by atoms with Gasteiger partial charge in [-0.15, -0.1) is 11.8 Å². The molecule has 150 valence electrons. The van der Waals surface area contributed by atoms with Crippen molar-refractivity contribution in [1.82, 2.24) is 0 Å². The highest BCUT2D eigenvalue weighted by Crippen LogP contribution is 2.53. The first-order valence-electron chi connectivity index (χ1n) is 9.30. The van der Waals surface area contributed by atoms with Crippen molar-refractivity contribution >= 4 is 28.5 Å². The molecule has 1 aromatic carbocycles. The summed E-state index contributed by atoms with van der Waals surface area (Å²) in [6, 6.07) is 9.24. The molecule has 1 aliphatic carbocycles. The monoisotopic (exact) mass is 411 g/mol. The van der Waals surface area contributed by atoms with Crippen molar-refractivity contribution in [2.45, 2.75) is 25.7 Å². The van der Waals surface area contributed by atoms with Crippen LogP contribution in [0.5, 0.6) is 11.5 Å². The van der Waals surface area contributed by atoms with Crippen LogP contribution in [0.2, 0.25) is 0 Å². The van der Waals surface area contributed by atoms with Gasteiger partial charge in [0.05, 0.1) is 37.2 Å². The van der Waals surface area contributed by atoms with Crippen LogP contribution in [0, 0.1) is 39.9 Å². The topological polar surface area (TPSA) is 113 Å². The predicted octanol–water partition coefficient (Wildman–Crippen LogP) is 3.40. The number of Topliss-reactive ketones (excluding diaryl/α,β-unsaturated/α-hetero) is 1. The smallest absolute Gasteiger partial charge is 0.264 e. The van der Waals surface area contributed by atoms with Crippen LogP contribution in [0.3, 0.4) is 0 Å². The van der Waals surface area contributed by atoms with E-state index >= 15 is 0 Å². The van der Waals surface area contributed by atoms with E-state index < -0.39 is 23.2 Å². The second-order valence-electron chi connectivity index (χ2n) is 7.13. The molecule has 0 aromatic heterocycles. The Balaban J connectivity index is 1.81. The zero-order valence-electron chi connectivity index (χ0n) is 16.3. The fourth-order valence-electron chi connectivity index (χ4n) is 4.22. The molecule has 2 unspecified atom stereocenters. The van der Waals surface area contributed by atoms with E-state index in [0.717, 1.165) is 24.6 Å². The maximum absolute atomic E-state index is 12.7. The number of nitrogens with zero attached hydrogens (tertiary/aromatic N) is 3. The van der Waals surface area contributed by atoms with Gasteiger partial charge >= 0.3 is 0 Å². The number of benzene rings is 1. The van der Waals surface area contributed by atoms with Gasteiger partial charge in [0.15, 0.2) is 17.3 Å². The van der Waals surface area contributed by atoms with E-state index in [1.165, 1.54) is 14.2 Å². The molecular weight excluding hydrogens is 390 g/mol. The largest absolute Gasteiger partial charge is 0.493 e. The van der Waals surface area contributed by atoms with Crippen LogP contribution in [0.4, 0.5) is 0 Å². The van der Waals surface area contributed by atoms with Gasteiger partial charge in [0, 0.05) is 11.0 Å². The Bertz CT molecular complexity index is 938. The fourth-order valence-corrected chi connectivity index (χ4v) is 5.28. The molecule has 1 heterocycles. The number of aliphatic imine (C=N–C) groups is 1. The van der Waals surface area contributed by atoms with E-state index in [1.54, 1.807) is 18.2 Å². The summed E-state index contributed by atoms with van der Waals surface area (Å²) in [6.45, 7) is 0. The highest BCUT2D eigenvalue weighted by Gasteiger charge is 2.55. The lowest BCUT2D eigenvalue weighted by atomic mass is 9.64. The van der Waals surface area contributed by atoms with Gasteiger partial charge in [-0.05, 0) is 31.0 Å². The number of methoxy groups -OCH3 is 2. The van der Waals surface area contributed by atoms with Crippen LogP contribution in [0.25, 0.3) is 0 Å². The van der Waals surface area contributed by atoms with Gasteiger partial charge in [-0.3, -0.25) is 9.59 Å². The first kappa shape index (κ1) is 20.9. The number of amides is 1. The lowest BCUT2D eigenvalue weighted by molar-refractivity contribution is -0.124. The van der Waals surface area contributed by atoms with Crippen molar-refractivity contribution in [2.75, 3.05) is 20.0 Å². The molecule has 8 heteroatoms. The number of rotatable bonds is 5. The number of thioether (sulfide) groups is 1. The Morgan fingerprint density at radius 3 is 2.41 bits per heavy atom. The maximum atomic E-state index is 12.7. The molecule has 1 aromatic rings. The first-order valence-corrected chi connectivity index (χ1v) is 10.3. The van der Waals surface area contributed by atoms with Crippen LogP contribution in [-0.2, 0) is 4.79 Å². The molecule has 29 heavy (non-hydrogen) atoms. The average molecular weight is 411 g/mol. The van der Waals surface area contributed by atoms with Gasteiger partial charge in [0.1, 0.15) is 11.8 Å². The van der Waals surface area contributed by atoms with Crippen LogP contribution < -0.4 is 9.47 Å². The molecule has 0 radical (unpaired) electrons. The van der Waals surface area contributed by atoms with Crippen molar-refractivity contribution in [2.24, 2.45) is 22.2 Å². The van der Waals surface area contributed by atoms with Gasteiger partial charge in [-0.2, -0.15) is 10.5 Å². The van der Waals surface area contributed by atoms with Crippen molar-refractivity contribution < 1.29 is 19.1 Å². The number of ketones is 1. The van der Waals surface area contributed by atoms with Crippen molar-refractivity contribution in [3.63, 3.8) is 0 Å².